The van der Waals surface area contributed by atoms with E-state index >= 15 is 0 Å². The minimum Gasteiger partial charge on any atom is -0.350 e. The van der Waals surface area contributed by atoms with E-state index in [9.17, 15) is 4.79 Å². The lowest BCUT2D eigenvalue weighted by atomic mass is 9.70. The lowest BCUT2D eigenvalue weighted by molar-refractivity contribution is 0.0885. The Balaban J connectivity index is 1.90. The summed E-state index contributed by atoms with van der Waals surface area (Å²) < 4.78 is 0. The van der Waals surface area contributed by atoms with E-state index in [4.69, 9.17) is 11.6 Å². The van der Waals surface area contributed by atoms with Gasteiger partial charge >= 0.3 is 0 Å². The van der Waals surface area contributed by atoms with Crippen LogP contribution in [0.1, 0.15) is 36.7 Å². The van der Waals surface area contributed by atoms with Crippen LogP contribution in [0, 0.1) is 5.41 Å². The van der Waals surface area contributed by atoms with E-state index < -0.39 is 0 Å². The molecule has 1 aromatic rings. The van der Waals surface area contributed by atoms with Crippen LogP contribution in [-0.2, 0) is 0 Å². The van der Waals surface area contributed by atoms with Crippen LogP contribution in [0.2, 0.25) is 5.15 Å². The molecule has 1 amide bonds. The zero-order valence-electron chi connectivity index (χ0n) is 9.16. The molecule has 0 unspecified atom stereocenters. The van der Waals surface area contributed by atoms with E-state index in [0.717, 1.165) is 0 Å². The van der Waals surface area contributed by atoms with Crippen molar-refractivity contribution in [3.8, 4) is 0 Å². The number of carbonyl (C=O) groups excluding carboxylic acids is 1. The standard InChI is InChI=1S/C11H14ClN3O/c1-11(5-2-6-11)7-13-10(16)8-3-4-9(12)15-14-8/h3-4H,2,5-7H2,1H3,(H,13,16). The van der Waals surface area contributed by atoms with Crippen molar-refractivity contribution in [3.63, 3.8) is 0 Å². The SMILES string of the molecule is CC1(CNC(=O)c2ccc(Cl)nn2)CCC1. The number of hydrogen-bond acceptors (Lipinski definition) is 3. The minimum atomic E-state index is -0.183. The second-order valence-electron chi connectivity index (χ2n) is 4.59. The number of nitrogens with one attached hydrogen (secondary N) is 1. The van der Waals surface area contributed by atoms with Gasteiger partial charge < -0.3 is 5.32 Å². The Morgan fingerprint density at radius 1 is 1.50 bits per heavy atom. The molecular formula is C11H14ClN3O. The molecule has 0 aliphatic heterocycles. The van der Waals surface area contributed by atoms with Crippen LogP contribution in [-0.4, -0.2) is 22.6 Å². The van der Waals surface area contributed by atoms with Gasteiger partial charge in [-0.05, 0) is 30.4 Å². The summed E-state index contributed by atoms with van der Waals surface area (Å²) in [6, 6.07) is 3.14. The summed E-state index contributed by atoms with van der Waals surface area (Å²) in [6.07, 6.45) is 3.62. The van der Waals surface area contributed by atoms with Gasteiger partial charge in [-0.25, -0.2) is 0 Å². The molecule has 1 heterocycles. The lowest BCUT2D eigenvalue weighted by Gasteiger charge is -2.38. The largest absolute Gasteiger partial charge is 0.350 e. The summed E-state index contributed by atoms with van der Waals surface area (Å²) in [6.45, 7) is 2.89. The van der Waals surface area contributed by atoms with Crippen LogP contribution in [0.5, 0.6) is 0 Å². The molecule has 0 saturated heterocycles. The molecule has 1 aromatic heterocycles. The maximum absolute atomic E-state index is 11.7. The average Bonchev–Trinajstić information content (AvgIpc) is 2.24. The molecular weight excluding hydrogens is 226 g/mol. The summed E-state index contributed by atoms with van der Waals surface area (Å²) in [4.78, 5) is 11.7. The van der Waals surface area contributed by atoms with Crippen LogP contribution in [0.15, 0.2) is 12.1 Å². The zero-order chi connectivity index (χ0) is 11.6. The van der Waals surface area contributed by atoms with Gasteiger partial charge in [-0.3, -0.25) is 4.79 Å². The van der Waals surface area contributed by atoms with Crippen molar-refractivity contribution in [2.45, 2.75) is 26.2 Å². The van der Waals surface area contributed by atoms with Crippen molar-refractivity contribution >= 4 is 17.5 Å². The number of carbonyl (C=O) groups is 1. The molecule has 1 aliphatic carbocycles. The highest BCUT2D eigenvalue weighted by Gasteiger charge is 2.32. The van der Waals surface area contributed by atoms with Crippen LogP contribution < -0.4 is 5.32 Å². The van der Waals surface area contributed by atoms with Gasteiger partial charge in [-0.1, -0.05) is 24.9 Å². The Kier molecular flexibility index (Phi) is 3.10. The number of halogens is 1. The Morgan fingerprint density at radius 2 is 2.25 bits per heavy atom. The molecule has 0 radical (unpaired) electrons. The second-order valence-corrected chi connectivity index (χ2v) is 4.98. The molecule has 0 atom stereocenters. The third-order valence-corrected chi connectivity index (χ3v) is 3.30. The molecule has 1 fully saturated rings. The average molecular weight is 240 g/mol. The van der Waals surface area contributed by atoms with Gasteiger partial charge in [0.2, 0.25) is 0 Å². The quantitative estimate of drug-likeness (QED) is 0.878. The Labute approximate surface area is 99.4 Å². The number of hydrogen-bond donors (Lipinski definition) is 1. The van der Waals surface area contributed by atoms with Gasteiger partial charge in [0.25, 0.3) is 5.91 Å². The van der Waals surface area contributed by atoms with Crippen molar-refractivity contribution in [1.29, 1.82) is 0 Å². The molecule has 1 saturated carbocycles. The monoisotopic (exact) mass is 239 g/mol. The zero-order valence-corrected chi connectivity index (χ0v) is 9.92. The van der Waals surface area contributed by atoms with Crippen molar-refractivity contribution in [2.75, 3.05) is 6.54 Å². The van der Waals surface area contributed by atoms with Crippen LogP contribution in [0.3, 0.4) is 0 Å². The molecule has 0 spiro atoms. The highest BCUT2D eigenvalue weighted by molar-refractivity contribution is 6.29. The topological polar surface area (TPSA) is 54.9 Å². The van der Waals surface area contributed by atoms with Gasteiger partial charge in [-0.15, -0.1) is 10.2 Å². The van der Waals surface area contributed by atoms with Crippen molar-refractivity contribution < 1.29 is 4.79 Å². The molecule has 1 N–H and O–H groups in total. The molecule has 0 bridgehead atoms. The number of aromatic nitrogens is 2. The van der Waals surface area contributed by atoms with Crippen molar-refractivity contribution in [3.05, 3.63) is 23.0 Å². The van der Waals surface area contributed by atoms with Crippen molar-refractivity contribution in [1.82, 2.24) is 15.5 Å². The lowest BCUT2D eigenvalue weighted by Crippen LogP contribution is -2.40. The molecule has 4 nitrogen and oxygen atoms in total. The van der Waals surface area contributed by atoms with E-state index in [0.29, 0.717) is 17.4 Å². The van der Waals surface area contributed by atoms with Gasteiger partial charge in [0, 0.05) is 6.54 Å². The minimum absolute atomic E-state index is 0.183. The third kappa shape index (κ3) is 2.50. The molecule has 16 heavy (non-hydrogen) atoms. The van der Waals surface area contributed by atoms with Crippen LogP contribution in [0.25, 0.3) is 0 Å². The first-order valence-electron chi connectivity index (χ1n) is 5.37. The fourth-order valence-corrected chi connectivity index (χ4v) is 1.88. The van der Waals surface area contributed by atoms with Gasteiger partial charge in [0.1, 0.15) is 0 Å². The van der Waals surface area contributed by atoms with E-state index in [2.05, 4.69) is 22.4 Å². The predicted molar refractivity (Wildman–Crippen MR) is 61.3 cm³/mol. The molecule has 1 aliphatic rings. The summed E-state index contributed by atoms with van der Waals surface area (Å²) in [5.74, 6) is -0.183. The normalized spacial score (nSPS) is 17.6. The van der Waals surface area contributed by atoms with E-state index in [-0.39, 0.29) is 11.3 Å². The van der Waals surface area contributed by atoms with E-state index in [1.807, 2.05) is 0 Å². The summed E-state index contributed by atoms with van der Waals surface area (Å²) in [5, 5.41) is 10.5. The maximum atomic E-state index is 11.7. The summed E-state index contributed by atoms with van der Waals surface area (Å²) in [5.41, 5.74) is 0.586. The number of rotatable bonds is 3. The Hall–Kier alpha value is -1.16. The fourth-order valence-electron chi connectivity index (χ4n) is 1.78. The Bertz CT molecular complexity index is 387. The second kappa shape index (κ2) is 4.37. The Morgan fingerprint density at radius 3 is 2.75 bits per heavy atom. The van der Waals surface area contributed by atoms with E-state index in [1.54, 1.807) is 12.1 Å². The van der Waals surface area contributed by atoms with Gasteiger partial charge in [0.05, 0.1) is 0 Å². The first-order valence-corrected chi connectivity index (χ1v) is 5.74. The number of nitrogens with zero attached hydrogens (tertiary/aromatic N) is 2. The third-order valence-electron chi connectivity index (χ3n) is 3.10. The predicted octanol–water partition coefficient (Wildman–Crippen LogP) is 2.05. The highest BCUT2D eigenvalue weighted by atomic mass is 35.5. The van der Waals surface area contributed by atoms with Crippen molar-refractivity contribution in [2.24, 2.45) is 5.41 Å². The number of amides is 1. The molecule has 86 valence electrons. The van der Waals surface area contributed by atoms with Gasteiger partial charge in [0.15, 0.2) is 10.8 Å². The first-order chi connectivity index (χ1) is 7.59. The van der Waals surface area contributed by atoms with E-state index in [1.165, 1.54) is 19.3 Å². The molecule has 5 heteroatoms. The highest BCUT2D eigenvalue weighted by Crippen LogP contribution is 2.39. The molecule has 0 aromatic carbocycles. The maximum Gasteiger partial charge on any atom is 0.271 e. The van der Waals surface area contributed by atoms with Gasteiger partial charge in [-0.2, -0.15) is 0 Å². The summed E-state index contributed by atoms with van der Waals surface area (Å²) >= 11 is 5.59. The summed E-state index contributed by atoms with van der Waals surface area (Å²) in [7, 11) is 0. The smallest absolute Gasteiger partial charge is 0.271 e. The molecule has 2 rings (SSSR count). The van der Waals surface area contributed by atoms with Crippen LogP contribution in [0.4, 0.5) is 0 Å². The first kappa shape index (κ1) is 11.3. The fraction of sp³-hybridized carbons (Fsp3) is 0.545. The van der Waals surface area contributed by atoms with Crippen LogP contribution >= 0.6 is 11.6 Å².